The molecule has 1 N–H and O–H groups in total. The van der Waals surface area contributed by atoms with Crippen LogP contribution >= 0.6 is 0 Å². The molecule has 4 heteroatoms. The number of likely N-dealkylation sites (tertiary alicyclic amines) is 1. The fraction of sp³-hybridized carbons (Fsp3) is 1.00. The molecule has 2 heterocycles. The normalized spacial score (nSPS) is 34.5. The number of piperidine rings is 1. The Balaban J connectivity index is 2.00. The first kappa shape index (κ1) is 16.2. The van der Waals surface area contributed by atoms with E-state index in [2.05, 4.69) is 45.0 Å². The van der Waals surface area contributed by atoms with Gasteiger partial charge in [-0.05, 0) is 47.6 Å². The number of nitrogens with zero attached hydrogens (tertiary/aromatic N) is 1. The van der Waals surface area contributed by atoms with Crippen molar-refractivity contribution in [3.8, 4) is 0 Å². The average Bonchev–Trinajstić information content (AvgIpc) is 2.54. The second-order valence-corrected chi connectivity index (χ2v) is 7.42. The Morgan fingerprint density at radius 2 is 1.75 bits per heavy atom. The van der Waals surface area contributed by atoms with Crippen molar-refractivity contribution >= 4 is 0 Å². The Morgan fingerprint density at radius 3 is 2.25 bits per heavy atom. The van der Waals surface area contributed by atoms with Crippen LogP contribution in [0.3, 0.4) is 0 Å². The fourth-order valence-corrected chi connectivity index (χ4v) is 4.18. The molecule has 2 aliphatic rings. The summed E-state index contributed by atoms with van der Waals surface area (Å²) in [4.78, 5) is 2.58. The van der Waals surface area contributed by atoms with E-state index < -0.39 is 0 Å². The van der Waals surface area contributed by atoms with Crippen molar-refractivity contribution in [2.45, 2.75) is 63.9 Å². The summed E-state index contributed by atoms with van der Waals surface area (Å²) in [7, 11) is 3.88. The van der Waals surface area contributed by atoms with E-state index >= 15 is 0 Å². The van der Waals surface area contributed by atoms with Crippen molar-refractivity contribution in [3.63, 3.8) is 0 Å². The molecule has 0 radical (unpaired) electrons. The molecule has 0 aromatic carbocycles. The minimum absolute atomic E-state index is 0.0741. The first-order valence-electron chi connectivity index (χ1n) is 7.92. The van der Waals surface area contributed by atoms with Crippen LogP contribution in [0.25, 0.3) is 0 Å². The predicted octanol–water partition coefficient (Wildman–Crippen LogP) is 1.89. The van der Waals surface area contributed by atoms with Gasteiger partial charge in [-0.3, -0.25) is 0 Å². The highest BCUT2D eigenvalue weighted by Crippen LogP contribution is 2.42. The summed E-state index contributed by atoms with van der Waals surface area (Å²) in [6, 6.07) is 0.401. The third kappa shape index (κ3) is 3.19. The van der Waals surface area contributed by atoms with Gasteiger partial charge in [0.1, 0.15) is 0 Å². The standard InChI is InChI=1S/C16H32N2O2/c1-15(2)13(14(17-5)16(3,4)20-15)11-18-9-7-12(19-6)8-10-18/h12-14,17H,7-11H2,1-6H3. The lowest BCUT2D eigenvalue weighted by atomic mass is 9.82. The number of methoxy groups -OCH3 is 1. The monoisotopic (exact) mass is 284 g/mol. The Kier molecular flexibility index (Phi) is 4.80. The van der Waals surface area contributed by atoms with Crippen LogP contribution in [0.15, 0.2) is 0 Å². The van der Waals surface area contributed by atoms with Crippen molar-refractivity contribution in [3.05, 3.63) is 0 Å². The number of rotatable bonds is 4. The number of likely N-dealkylation sites (N-methyl/N-ethyl adjacent to an activating group) is 1. The molecule has 2 rings (SSSR count). The van der Waals surface area contributed by atoms with E-state index in [1.807, 2.05) is 7.11 Å². The summed E-state index contributed by atoms with van der Waals surface area (Å²) in [6.07, 6.45) is 2.76. The Bertz CT molecular complexity index is 322. The van der Waals surface area contributed by atoms with Crippen LogP contribution in [0.2, 0.25) is 0 Å². The van der Waals surface area contributed by atoms with Gasteiger partial charge in [0.2, 0.25) is 0 Å². The van der Waals surface area contributed by atoms with Gasteiger partial charge in [0.15, 0.2) is 0 Å². The summed E-state index contributed by atoms with van der Waals surface area (Å²) < 4.78 is 11.8. The molecule has 2 fully saturated rings. The van der Waals surface area contributed by atoms with Crippen LogP contribution in [0.5, 0.6) is 0 Å². The lowest BCUT2D eigenvalue weighted by molar-refractivity contribution is -0.0803. The Labute approximate surface area is 124 Å². The second-order valence-electron chi connectivity index (χ2n) is 7.42. The highest BCUT2D eigenvalue weighted by atomic mass is 16.5. The first-order valence-corrected chi connectivity index (χ1v) is 7.92. The van der Waals surface area contributed by atoms with Crippen LogP contribution in [0, 0.1) is 5.92 Å². The molecule has 0 spiro atoms. The fourth-order valence-electron chi connectivity index (χ4n) is 4.18. The first-order chi connectivity index (χ1) is 9.30. The molecule has 0 bridgehead atoms. The van der Waals surface area contributed by atoms with Gasteiger partial charge in [-0.1, -0.05) is 0 Å². The summed E-state index contributed by atoms with van der Waals surface area (Å²) in [5.41, 5.74) is -0.178. The molecule has 2 aliphatic heterocycles. The molecule has 2 atom stereocenters. The topological polar surface area (TPSA) is 33.7 Å². The molecule has 4 nitrogen and oxygen atoms in total. The summed E-state index contributed by atoms with van der Waals surface area (Å²) in [5.74, 6) is 0.515. The number of nitrogens with one attached hydrogen (secondary N) is 1. The molecule has 2 unspecified atom stereocenters. The maximum Gasteiger partial charge on any atom is 0.0790 e. The Morgan fingerprint density at radius 1 is 1.15 bits per heavy atom. The minimum Gasteiger partial charge on any atom is -0.381 e. The van der Waals surface area contributed by atoms with Gasteiger partial charge in [0.25, 0.3) is 0 Å². The molecule has 118 valence electrons. The minimum atomic E-state index is -0.103. The van der Waals surface area contributed by atoms with E-state index in [0.29, 0.717) is 18.1 Å². The van der Waals surface area contributed by atoms with E-state index in [-0.39, 0.29) is 11.2 Å². The lowest BCUT2D eigenvalue weighted by Crippen LogP contribution is -2.51. The molecule has 0 saturated carbocycles. The van der Waals surface area contributed by atoms with Crippen LogP contribution in [0.4, 0.5) is 0 Å². The van der Waals surface area contributed by atoms with Crippen molar-refractivity contribution in [2.24, 2.45) is 5.92 Å². The van der Waals surface area contributed by atoms with Crippen molar-refractivity contribution in [2.75, 3.05) is 33.8 Å². The molecule has 0 aliphatic carbocycles. The van der Waals surface area contributed by atoms with Gasteiger partial charge in [0, 0.05) is 38.7 Å². The molecule has 0 aromatic heterocycles. The highest BCUT2D eigenvalue weighted by Gasteiger charge is 2.53. The largest absolute Gasteiger partial charge is 0.381 e. The third-order valence-electron chi connectivity index (χ3n) is 5.20. The summed E-state index contributed by atoms with van der Waals surface area (Å²) >= 11 is 0. The van der Waals surface area contributed by atoms with Gasteiger partial charge in [-0.2, -0.15) is 0 Å². The predicted molar refractivity (Wildman–Crippen MR) is 82.1 cm³/mol. The van der Waals surface area contributed by atoms with E-state index in [9.17, 15) is 0 Å². The molecular weight excluding hydrogens is 252 g/mol. The SMILES string of the molecule is CNC1C(CN2CCC(OC)CC2)C(C)(C)OC1(C)C. The van der Waals surface area contributed by atoms with Crippen molar-refractivity contribution < 1.29 is 9.47 Å². The summed E-state index contributed by atoms with van der Waals surface area (Å²) in [6.45, 7) is 12.3. The number of hydrogen-bond donors (Lipinski definition) is 1. The lowest BCUT2D eigenvalue weighted by Gasteiger charge is -2.37. The zero-order chi connectivity index (χ0) is 15.0. The van der Waals surface area contributed by atoms with Crippen LogP contribution in [0.1, 0.15) is 40.5 Å². The molecule has 0 amide bonds. The quantitative estimate of drug-likeness (QED) is 0.855. The Hall–Kier alpha value is -0.160. The van der Waals surface area contributed by atoms with Crippen LogP contribution in [-0.4, -0.2) is 62.0 Å². The molecule has 0 aromatic rings. The van der Waals surface area contributed by atoms with Gasteiger partial charge in [-0.25, -0.2) is 0 Å². The van der Waals surface area contributed by atoms with Gasteiger partial charge < -0.3 is 19.7 Å². The van der Waals surface area contributed by atoms with Gasteiger partial charge in [-0.15, -0.1) is 0 Å². The number of hydrogen-bond acceptors (Lipinski definition) is 4. The molecule has 2 saturated heterocycles. The number of ether oxygens (including phenoxy) is 2. The van der Waals surface area contributed by atoms with Gasteiger partial charge in [0.05, 0.1) is 17.3 Å². The highest BCUT2D eigenvalue weighted by molar-refractivity contribution is 5.05. The van der Waals surface area contributed by atoms with E-state index in [1.165, 1.54) is 0 Å². The van der Waals surface area contributed by atoms with E-state index in [4.69, 9.17) is 9.47 Å². The van der Waals surface area contributed by atoms with Crippen LogP contribution < -0.4 is 5.32 Å². The third-order valence-corrected chi connectivity index (χ3v) is 5.20. The second kappa shape index (κ2) is 5.91. The molecule has 20 heavy (non-hydrogen) atoms. The van der Waals surface area contributed by atoms with Crippen molar-refractivity contribution in [1.82, 2.24) is 10.2 Å². The summed E-state index contributed by atoms with van der Waals surface area (Å²) in [5, 5.41) is 3.49. The maximum absolute atomic E-state index is 6.32. The van der Waals surface area contributed by atoms with Crippen LogP contribution in [-0.2, 0) is 9.47 Å². The zero-order valence-electron chi connectivity index (χ0n) is 14.0. The molecular formula is C16H32N2O2. The maximum atomic E-state index is 6.32. The zero-order valence-corrected chi connectivity index (χ0v) is 14.0. The van der Waals surface area contributed by atoms with E-state index in [1.54, 1.807) is 0 Å². The van der Waals surface area contributed by atoms with Gasteiger partial charge >= 0.3 is 0 Å². The smallest absolute Gasteiger partial charge is 0.0790 e. The van der Waals surface area contributed by atoms with Crippen molar-refractivity contribution in [1.29, 1.82) is 0 Å². The average molecular weight is 284 g/mol. The van der Waals surface area contributed by atoms with E-state index in [0.717, 1.165) is 32.5 Å².